The van der Waals surface area contributed by atoms with Gasteiger partial charge in [0.05, 0.1) is 0 Å². The molecule has 2 nitrogen and oxygen atoms in total. The van der Waals surface area contributed by atoms with Crippen LogP contribution < -0.4 is 5.32 Å². The fourth-order valence-electron chi connectivity index (χ4n) is 2.53. The Morgan fingerprint density at radius 3 is 2.72 bits per heavy atom. The van der Waals surface area contributed by atoms with Gasteiger partial charge in [-0.2, -0.15) is 0 Å². The van der Waals surface area contributed by atoms with Crippen molar-refractivity contribution >= 4 is 0 Å². The van der Waals surface area contributed by atoms with Crippen molar-refractivity contribution < 1.29 is 4.42 Å². The molecule has 1 aromatic heterocycles. The summed E-state index contributed by atoms with van der Waals surface area (Å²) in [7, 11) is 0. The van der Waals surface area contributed by atoms with Gasteiger partial charge >= 0.3 is 0 Å². The third-order valence-electron chi connectivity index (χ3n) is 3.65. The summed E-state index contributed by atoms with van der Waals surface area (Å²) in [6.45, 7) is 4.38. The van der Waals surface area contributed by atoms with E-state index in [1.165, 1.54) is 12.0 Å². The van der Waals surface area contributed by atoms with Crippen molar-refractivity contribution in [3.63, 3.8) is 0 Å². The molecule has 2 heterocycles. The molecule has 0 bridgehead atoms. The SMILES string of the molecule is Cc1ccc(-c2ccc(CC3CCNC3)o2)cc1. The van der Waals surface area contributed by atoms with Gasteiger partial charge in [0.2, 0.25) is 0 Å². The molecule has 0 aliphatic carbocycles. The largest absolute Gasteiger partial charge is 0.461 e. The summed E-state index contributed by atoms with van der Waals surface area (Å²) in [6.07, 6.45) is 2.32. The molecule has 1 fully saturated rings. The number of hydrogen-bond donors (Lipinski definition) is 1. The average Bonchev–Trinajstić information content (AvgIpc) is 3.02. The van der Waals surface area contributed by atoms with Crippen molar-refractivity contribution in [3.05, 3.63) is 47.7 Å². The van der Waals surface area contributed by atoms with Crippen LogP contribution in [-0.4, -0.2) is 13.1 Å². The van der Waals surface area contributed by atoms with E-state index in [1.807, 2.05) is 0 Å². The highest BCUT2D eigenvalue weighted by Gasteiger charge is 2.16. The summed E-state index contributed by atoms with van der Waals surface area (Å²) >= 11 is 0. The molecule has 2 heteroatoms. The Balaban J connectivity index is 1.74. The number of furan rings is 1. The highest BCUT2D eigenvalue weighted by atomic mass is 16.3. The Morgan fingerprint density at radius 2 is 2.00 bits per heavy atom. The lowest BCUT2D eigenvalue weighted by atomic mass is 10.0. The summed E-state index contributed by atoms with van der Waals surface area (Å²) in [4.78, 5) is 0. The average molecular weight is 241 g/mol. The molecule has 0 amide bonds. The van der Waals surface area contributed by atoms with Crippen molar-refractivity contribution in [3.8, 4) is 11.3 Å². The molecule has 1 atom stereocenters. The molecule has 1 aliphatic rings. The Labute approximate surface area is 108 Å². The smallest absolute Gasteiger partial charge is 0.134 e. The summed E-state index contributed by atoms with van der Waals surface area (Å²) in [5.41, 5.74) is 2.44. The van der Waals surface area contributed by atoms with Gasteiger partial charge in [0.1, 0.15) is 11.5 Å². The van der Waals surface area contributed by atoms with Crippen LogP contribution in [0.2, 0.25) is 0 Å². The van der Waals surface area contributed by atoms with Gasteiger partial charge in [0.25, 0.3) is 0 Å². The third kappa shape index (κ3) is 2.49. The van der Waals surface area contributed by atoms with E-state index in [4.69, 9.17) is 4.42 Å². The first-order valence-electron chi connectivity index (χ1n) is 6.68. The molecule has 18 heavy (non-hydrogen) atoms. The molecule has 0 radical (unpaired) electrons. The lowest BCUT2D eigenvalue weighted by Crippen LogP contribution is -2.10. The maximum absolute atomic E-state index is 5.94. The molecule has 3 rings (SSSR count). The zero-order valence-electron chi connectivity index (χ0n) is 10.8. The summed E-state index contributed by atoms with van der Waals surface area (Å²) in [5, 5.41) is 3.40. The number of nitrogens with one attached hydrogen (secondary N) is 1. The maximum atomic E-state index is 5.94. The van der Waals surface area contributed by atoms with Gasteiger partial charge in [-0.15, -0.1) is 0 Å². The van der Waals surface area contributed by atoms with Gasteiger partial charge in [0, 0.05) is 12.0 Å². The van der Waals surface area contributed by atoms with E-state index in [0.717, 1.165) is 42.5 Å². The van der Waals surface area contributed by atoms with Crippen LogP contribution in [0.5, 0.6) is 0 Å². The van der Waals surface area contributed by atoms with Gasteiger partial charge in [-0.25, -0.2) is 0 Å². The number of benzene rings is 1. The lowest BCUT2D eigenvalue weighted by molar-refractivity contribution is 0.464. The predicted octanol–water partition coefficient (Wildman–Crippen LogP) is 3.41. The van der Waals surface area contributed by atoms with Crippen molar-refractivity contribution in [1.82, 2.24) is 5.32 Å². The minimum atomic E-state index is 0.738. The van der Waals surface area contributed by atoms with E-state index in [0.29, 0.717) is 0 Å². The van der Waals surface area contributed by atoms with Gasteiger partial charge in [0.15, 0.2) is 0 Å². The van der Waals surface area contributed by atoms with Crippen LogP contribution in [0.4, 0.5) is 0 Å². The second-order valence-electron chi connectivity index (χ2n) is 5.19. The van der Waals surface area contributed by atoms with Crippen molar-refractivity contribution in [2.24, 2.45) is 5.92 Å². The fraction of sp³-hybridized carbons (Fsp3) is 0.375. The predicted molar refractivity (Wildman–Crippen MR) is 73.6 cm³/mol. The van der Waals surface area contributed by atoms with Crippen molar-refractivity contribution in [2.75, 3.05) is 13.1 Å². The Hall–Kier alpha value is -1.54. The van der Waals surface area contributed by atoms with Crippen LogP contribution in [0.3, 0.4) is 0 Å². The lowest BCUT2D eigenvalue weighted by Gasteiger charge is -2.04. The molecule has 1 aliphatic heterocycles. The molecule has 0 spiro atoms. The van der Waals surface area contributed by atoms with Gasteiger partial charge in [-0.1, -0.05) is 29.8 Å². The van der Waals surface area contributed by atoms with Crippen LogP contribution in [0.15, 0.2) is 40.8 Å². The first-order valence-corrected chi connectivity index (χ1v) is 6.68. The molecular formula is C16H19NO. The van der Waals surface area contributed by atoms with E-state index in [1.54, 1.807) is 0 Å². The molecule has 1 unspecified atom stereocenters. The van der Waals surface area contributed by atoms with Crippen molar-refractivity contribution in [1.29, 1.82) is 0 Å². The topological polar surface area (TPSA) is 25.2 Å². The molecular weight excluding hydrogens is 222 g/mol. The van der Waals surface area contributed by atoms with Gasteiger partial charge < -0.3 is 9.73 Å². The minimum absolute atomic E-state index is 0.738. The highest BCUT2D eigenvalue weighted by molar-refractivity contribution is 5.57. The Kier molecular flexibility index (Phi) is 3.20. The van der Waals surface area contributed by atoms with Crippen LogP contribution in [0, 0.1) is 12.8 Å². The summed E-state index contributed by atoms with van der Waals surface area (Å²) in [6, 6.07) is 12.7. The Bertz CT molecular complexity index is 506. The maximum Gasteiger partial charge on any atom is 0.134 e. The zero-order valence-corrected chi connectivity index (χ0v) is 10.8. The normalized spacial score (nSPS) is 19.3. The number of aryl methyl sites for hydroxylation is 1. The van der Waals surface area contributed by atoms with E-state index in [2.05, 4.69) is 48.6 Å². The molecule has 2 aromatic rings. The molecule has 0 saturated carbocycles. The first kappa shape index (κ1) is 11.5. The summed E-state index contributed by atoms with van der Waals surface area (Å²) in [5.74, 6) is 2.83. The van der Waals surface area contributed by atoms with Crippen LogP contribution in [-0.2, 0) is 6.42 Å². The standard InChI is InChI=1S/C16H19NO/c1-12-2-4-14(5-3-12)16-7-6-15(18-16)10-13-8-9-17-11-13/h2-7,13,17H,8-11H2,1H3. The van der Waals surface area contributed by atoms with E-state index >= 15 is 0 Å². The second-order valence-corrected chi connectivity index (χ2v) is 5.19. The van der Waals surface area contributed by atoms with Crippen molar-refractivity contribution in [2.45, 2.75) is 19.8 Å². The highest BCUT2D eigenvalue weighted by Crippen LogP contribution is 2.24. The molecule has 1 saturated heterocycles. The van der Waals surface area contributed by atoms with Gasteiger partial charge in [-0.05, 0) is 44.5 Å². The molecule has 1 aromatic carbocycles. The van der Waals surface area contributed by atoms with E-state index in [-0.39, 0.29) is 0 Å². The molecule has 94 valence electrons. The van der Waals surface area contributed by atoms with Crippen LogP contribution >= 0.6 is 0 Å². The fourth-order valence-corrected chi connectivity index (χ4v) is 2.53. The first-order chi connectivity index (χ1) is 8.81. The number of rotatable bonds is 3. The zero-order chi connectivity index (χ0) is 12.4. The summed E-state index contributed by atoms with van der Waals surface area (Å²) < 4.78 is 5.94. The number of hydrogen-bond acceptors (Lipinski definition) is 2. The van der Waals surface area contributed by atoms with Crippen LogP contribution in [0.1, 0.15) is 17.7 Å². The van der Waals surface area contributed by atoms with Crippen LogP contribution in [0.25, 0.3) is 11.3 Å². The minimum Gasteiger partial charge on any atom is -0.461 e. The van der Waals surface area contributed by atoms with E-state index < -0.39 is 0 Å². The van der Waals surface area contributed by atoms with Gasteiger partial charge in [-0.3, -0.25) is 0 Å². The quantitative estimate of drug-likeness (QED) is 0.891. The third-order valence-corrected chi connectivity index (χ3v) is 3.65. The molecule has 1 N–H and O–H groups in total. The van der Waals surface area contributed by atoms with E-state index in [9.17, 15) is 0 Å². The Morgan fingerprint density at radius 1 is 1.17 bits per heavy atom. The monoisotopic (exact) mass is 241 g/mol. The second kappa shape index (κ2) is 4.99.